The van der Waals surface area contributed by atoms with Gasteiger partial charge in [0.05, 0.1) is 6.42 Å². The monoisotopic (exact) mass is 238 g/mol. The van der Waals surface area contributed by atoms with Gasteiger partial charge in [0.2, 0.25) is 0 Å². The summed E-state index contributed by atoms with van der Waals surface area (Å²) in [7, 11) is 0. The van der Waals surface area contributed by atoms with Crippen molar-refractivity contribution < 1.29 is 13.2 Å². The minimum atomic E-state index is -4.14. The molecule has 0 heterocycles. The Morgan fingerprint density at radius 1 is 1.19 bits per heavy atom. The molecule has 3 N–H and O–H groups in total. The zero-order chi connectivity index (χ0) is 12.3. The van der Waals surface area contributed by atoms with Crippen molar-refractivity contribution in [3.8, 4) is 0 Å². The molecule has 0 aromatic carbocycles. The molecule has 0 bridgehead atoms. The van der Waals surface area contributed by atoms with Crippen LogP contribution in [-0.4, -0.2) is 12.2 Å². The van der Waals surface area contributed by atoms with Gasteiger partial charge >= 0.3 is 6.18 Å². The van der Waals surface area contributed by atoms with Crippen molar-refractivity contribution in [3.63, 3.8) is 0 Å². The van der Waals surface area contributed by atoms with Gasteiger partial charge in [0.15, 0.2) is 0 Å². The number of hydrogen-bond donors (Lipinski definition) is 2. The van der Waals surface area contributed by atoms with Gasteiger partial charge in [-0.15, -0.1) is 0 Å². The maximum absolute atomic E-state index is 12.3. The fourth-order valence-electron chi connectivity index (χ4n) is 2.95. The first-order valence-electron chi connectivity index (χ1n) is 5.84. The van der Waals surface area contributed by atoms with E-state index in [0.717, 1.165) is 19.3 Å². The largest absolute Gasteiger partial charge is 0.390 e. The minimum absolute atomic E-state index is 0.0466. The highest BCUT2D eigenvalue weighted by Gasteiger charge is 2.37. The van der Waals surface area contributed by atoms with Crippen molar-refractivity contribution in [1.82, 2.24) is 5.43 Å². The Morgan fingerprint density at radius 2 is 1.69 bits per heavy atom. The van der Waals surface area contributed by atoms with Crippen LogP contribution in [0.15, 0.2) is 0 Å². The summed E-state index contributed by atoms with van der Waals surface area (Å²) in [6.45, 7) is 4.20. The van der Waals surface area contributed by atoms with E-state index in [9.17, 15) is 13.2 Å². The number of halogens is 3. The zero-order valence-corrected chi connectivity index (χ0v) is 9.85. The van der Waals surface area contributed by atoms with Crippen LogP contribution in [0, 0.1) is 17.8 Å². The van der Waals surface area contributed by atoms with Crippen LogP contribution < -0.4 is 11.3 Å². The van der Waals surface area contributed by atoms with E-state index >= 15 is 0 Å². The molecule has 0 amide bonds. The molecule has 1 aliphatic rings. The Kier molecular flexibility index (Phi) is 4.62. The first-order chi connectivity index (χ1) is 7.31. The first kappa shape index (κ1) is 13.8. The second-order valence-electron chi connectivity index (χ2n) is 5.27. The molecule has 1 rings (SSSR count). The van der Waals surface area contributed by atoms with Gasteiger partial charge in [-0.05, 0) is 37.0 Å². The summed E-state index contributed by atoms with van der Waals surface area (Å²) in [4.78, 5) is 0. The highest BCUT2D eigenvalue weighted by Crippen LogP contribution is 2.37. The van der Waals surface area contributed by atoms with Crippen molar-refractivity contribution >= 4 is 0 Å². The van der Waals surface area contributed by atoms with E-state index in [1.807, 2.05) is 0 Å². The van der Waals surface area contributed by atoms with Crippen LogP contribution in [0.1, 0.15) is 39.5 Å². The van der Waals surface area contributed by atoms with E-state index in [4.69, 9.17) is 5.84 Å². The third-order valence-electron chi connectivity index (χ3n) is 3.45. The number of nitrogens with two attached hydrogens (primary N) is 1. The Bertz CT molecular complexity index is 208. The number of hydrazine groups is 1. The van der Waals surface area contributed by atoms with Gasteiger partial charge in [-0.2, -0.15) is 13.2 Å². The van der Waals surface area contributed by atoms with Crippen LogP contribution in [-0.2, 0) is 0 Å². The highest BCUT2D eigenvalue weighted by molar-refractivity contribution is 4.84. The van der Waals surface area contributed by atoms with Gasteiger partial charge in [-0.3, -0.25) is 11.3 Å². The van der Waals surface area contributed by atoms with Gasteiger partial charge in [-0.1, -0.05) is 13.8 Å². The van der Waals surface area contributed by atoms with E-state index in [-0.39, 0.29) is 5.92 Å². The Hall–Kier alpha value is -0.290. The summed E-state index contributed by atoms with van der Waals surface area (Å²) >= 11 is 0. The SMILES string of the molecule is CC1CC(C)CC(C(CC(F)(F)F)NN)C1. The van der Waals surface area contributed by atoms with Crippen LogP contribution in [0.5, 0.6) is 0 Å². The molecule has 2 nitrogen and oxygen atoms in total. The maximum atomic E-state index is 12.3. The Labute approximate surface area is 94.7 Å². The molecule has 0 spiro atoms. The van der Waals surface area contributed by atoms with Gasteiger partial charge in [0, 0.05) is 6.04 Å². The quantitative estimate of drug-likeness (QED) is 0.586. The third kappa shape index (κ3) is 4.29. The summed E-state index contributed by atoms with van der Waals surface area (Å²) in [6, 6.07) is -0.634. The van der Waals surface area contributed by atoms with Gasteiger partial charge in [0.1, 0.15) is 0 Å². The topological polar surface area (TPSA) is 38.0 Å². The molecule has 5 heteroatoms. The van der Waals surface area contributed by atoms with E-state index < -0.39 is 18.6 Å². The molecule has 0 aromatic rings. The van der Waals surface area contributed by atoms with E-state index in [1.165, 1.54) is 0 Å². The minimum Gasteiger partial charge on any atom is -0.271 e. The average Bonchev–Trinajstić information content (AvgIpc) is 2.11. The Balaban J connectivity index is 2.58. The molecule has 1 fully saturated rings. The Morgan fingerprint density at radius 3 is 2.06 bits per heavy atom. The van der Waals surface area contributed by atoms with Crippen LogP contribution >= 0.6 is 0 Å². The molecular weight excluding hydrogens is 217 g/mol. The zero-order valence-electron chi connectivity index (χ0n) is 9.85. The first-order valence-corrected chi connectivity index (χ1v) is 5.84. The van der Waals surface area contributed by atoms with Crippen LogP contribution in [0.25, 0.3) is 0 Å². The maximum Gasteiger partial charge on any atom is 0.390 e. The molecule has 0 aliphatic heterocycles. The average molecular weight is 238 g/mol. The molecule has 0 radical (unpaired) electrons. The van der Waals surface area contributed by atoms with E-state index in [0.29, 0.717) is 11.8 Å². The predicted octanol–water partition coefficient (Wildman–Crippen LogP) is 2.84. The molecule has 16 heavy (non-hydrogen) atoms. The lowest BCUT2D eigenvalue weighted by Crippen LogP contribution is -2.45. The number of hydrogen-bond acceptors (Lipinski definition) is 2. The molecule has 0 aromatic heterocycles. The van der Waals surface area contributed by atoms with Crippen molar-refractivity contribution in [1.29, 1.82) is 0 Å². The molecule has 3 unspecified atom stereocenters. The number of alkyl halides is 3. The molecule has 1 aliphatic carbocycles. The summed E-state index contributed by atoms with van der Waals surface area (Å²) in [5, 5.41) is 0. The van der Waals surface area contributed by atoms with E-state index in [1.54, 1.807) is 0 Å². The summed E-state index contributed by atoms with van der Waals surface area (Å²) in [5.74, 6) is 6.29. The summed E-state index contributed by atoms with van der Waals surface area (Å²) in [6.07, 6.45) is -2.17. The second-order valence-corrected chi connectivity index (χ2v) is 5.27. The lowest BCUT2D eigenvalue weighted by molar-refractivity contribution is -0.144. The fourth-order valence-corrected chi connectivity index (χ4v) is 2.95. The predicted molar refractivity (Wildman–Crippen MR) is 57.5 cm³/mol. The summed E-state index contributed by atoms with van der Waals surface area (Å²) < 4.78 is 37.0. The summed E-state index contributed by atoms with van der Waals surface area (Å²) in [5.41, 5.74) is 2.35. The molecule has 96 valence electrons. The molecule has 3 atom stereocenters. The van der Waals surface area contributed by atoms with Crippen LogP contribution in [0.2, 0.25) is 0 Å². The van der Waals surface area contributed by atoms with Gasteiger partial charge in [0.25, 0.3) is 0 Å². The van der Waals surface area contributed by atoms with Gasteiger partial charge < -0.3 is 0 Å². The lowest BCUT2D eigenvalue weighted by atomic mass is 9.73. The smallest absolute Gasteiger partial charge is 0.271 e. The highest BCUT2D eigenvalue weighted by atomic mass is 19.4. The van der Waals surface area contributed by atoms with Crippen molar-refractivity contribution in [2.24, 2.45) is 23.6 Å². The van der Waals surface area contributed by atoms with Crippen molar-refractivity contribution in [2.45, 2.75) is 51.7 Å². The number of nitrogens with one attached hydrogen (secondary N) is 1. The van der Waals surface area contributed by atoms with Crippen LogP contribution in [0.4, 0.5) is 13.2 Å². The number of rotatable bonds is 3. The third-order valence-corrected chi connectivity index (χ3v) is 3.45. The molecule has 0 saturated heterocycles. The van der Waals surface area contributed by atoms with Crippen LogP contribution in [0.3, 0.4) is 0 Å². The van der Waals surface area contributed by atoms with Crippen molar-refractivity contribution in [3.05, 3.63) is 0 Å². The fraction of sp³-hybridized carbons (Fsp3) is 1.00. The molecular formula is C11H21F3N2. The standard InChI is InChI=1S/C11H21F3N2/c1-7-3-8(2)5-9(4-7)10(16-15)6-11(12,13)14/h7-10,16H,3-6,15H2,1-2H3. The van der Waals surface area contributed by atoms with Crippen molar-refractivity contribution in [2.75, 3.05) is 0 Å². The van der Waals surface area contributed by atoms with E-state index in [2.05, 4.69) is 19.3 Å². The van der Waals surface area contributed by atoms with Gasteiger partial charge in [-0.25, -0.2) is 0 Å². The normalized spacial score (nSPS) is 33.8. The second kappa shape index (κ2) is 5.36. The lowest BCUT2D eigenvalue weighted by Gasteiger charge is -2.36. The molecule has 1 saturated carbocycles.